The molecule has 1 amide bonds. The molecule has 1 aliphatic rings. The van der Waals surface area contributed by atoms with Crippen LogP contribution in [0.5, 0.6) is 11.5 Å². The lowest BCUT2D eigenvalue weighted by atomic mass is 10.1. The first-order valence-electron chi connectivity index (χ1n) is 9.51. The molecule has 0 saturated carbocycles. The third kappa shape index (κ3) is 5.05. The number of carbonyl (C=O) groups is 2. The van der Waals surface area contributed by atoms with Gasteiger partial charge in [0.25, 0.3) is 11.6 Å². The Labute approximate surface area is 173 Å². The van der Waals surface area contributed by atoms with Gasteiger partial charge in [-0.1, -0.05) is 0 Å². The zero-order chi connectivity index (χ0) is 21.7. The van der Waals surface area contributed by atoms with Crippen LogP contribution in [0.25, 0.3) is 0 Å². The molecule has 9 nitrogen and oxygen atoms in total. The summed E-state index contributed by atoms with van der Waals surface area (Å²) in [5.41, 5.74) is 1.82. The highest BCUT2D eigenvalue weighted by Crippen LogP contribution is 2.35. The van der Waals surface area contributed by atoms with Crippen LogP contribution < -0.4 is 14.8 Å². The molecule has 0 bridgehead atoms. The summed E-state index contributed by atoms with van der Waals surface area (Å²) in [6.45, 7) is 4.07. The van der Waals surface area contributed by atoms with Crippen molar-refractivity contribution in [3.63, 3.8) is 0 Å². The van der Waals surface area contributed by atoms with Crippen LogP contribution in [-0.4, -0.2) is 36.1 Å². The van der Waals surface area contributed by atoms with Crippen molar-refractivity contribution in [2.75, 3.05) is 13.2 Å². The van der Waals surface area contributed by atoms with Crippen LogP contribution in [0, 0.1) is 10.1 Å². The Kier molecular flexibility index (Phi) is 6.51. The van der Waals surface area contributed by atoms with Crippen molar-refractivity contribution in [2.24, 2.45) is 0 Å². The minimum absolute atomic E-state index is 0.0955. The van der Waals surface area contributed by atoms with E-state index in [0.29, 0.717) is 12.4 Å². The van der Waals surface area contributed by atoms with Crippen LogP contribution in [0.2, 0.25) is 0 Å². The van der Waals surface area contributed by atoms with Gasteiger partial charge in [-0.15, -0.1) is 0 Å². The average Bonchev–Trinajstić information content (AvgIpc) is 3.09. The van der Waals surface area contributed by atoms with E-state index in [1.54, 1.807) is 0 Å². The molecule has 0 radical (unpaired) electrons. The van der Waals surface area contributed by atoms with Gasteiger partial charge in [-0.3, -0.25) is 14.9 Å². The number of ether oxygens (including phenoxy) is 3. The van der Waals surface area contributed by atoms with E-state index in [1.165, 1.54) is 24.3 Å². The van der Waals surface area contributed by atoms with Crippen molar-refractivity contribution in [3.8, 4) is 11.5 Å². The topological polar surface area (TPSA) is 117 Å². The van der Waals surface area contributed by atoms with Gasteiger partial charge in [0.15, 0.2) is 6.61 Å². The van der Waals surface area contributed by atoms with Gasteiger partial charge in [-0.2, -0.15) is 0 Å². The number of amides is 1. The van der Waals surface area contributed by atoms with Crippen LogP contribution in [0.4, 0.5) is 5.69 Å². The van der Waals surface area contributed by atoms with Crippen LogP contribution in [0.3, 0.4) is 0 Å². The van der Waals surface area contributed by atoms with Gasteiger partial charge in [-0.25, -0.2) is 4.79 Å². The molecule has 1 aliphatic heterocycles. The van der Waals surface area contributed by atoms with Crippen molar-refractivity contribution in [1.82, 2.24) is 5.32 Å². The molecule has 2 aromatic rings. The van der Waals surface area contributed by atoms with Crippen molar-refractivity contribution < 1.29 is 28.7 Å². The first-order chi connectivity index (χ1) is 14.4. The van der Waals surface area contributed by atoms with Gasteiger partial charge < -0.3 is 19.5 Å². The average molecular weight is 414 g/mol. The Balaban J connectivity index is 1.55. The molecular formula is C21H22N2O7. The van der Waals surface area contributed by atoms with Crippen LogP contribution in [0.15, 0.2) is 36.4 Å². The fourth-order valence-electron chi connectivity index (χ4n) is 3.09. The van der Waals surface area contributed by atoms with E-state index < -0.39 is 23.4 Å². The van der Waals surface area contributed by atoms with Crippen LogP contribution in [0.1, 0.15) is 35.3 Å². The summed E-state index contributed by atoms with van der Waals surface area (Å²) in [4.78, 5) is 34.2. The second kappa shape index (κ2) is 9.25. The number of fused-ring (bicyclic) bond motifs is 1. The van der Waals surface area contributed by atoms with E-state index in [1.807, 2.05) is 26.0 Å². The van der Waals surface area contributed by atoms with E-state index >= 15 is 0 Å². The molecule has 9 heteroatoms. The number of nitrogens with zero attached hydrogens (tertiary/aromatic N) is 1. The van der Waals surface area contributed by atoms with E-state index in [0.717, 1.165) is 23.3 Å². The fourth-order valence-corrected chi connectivity index (χ4v) is 3.09. The number of non-ortho nitro benzene ring substituents is 1. The normalized spacial score (nSPS) is 14.4. The second-order valence-electron chi connectivity index (χ2n) is 6.79. The molecule has 1 atom stereocenters. The van der Waals surface area contributed by atoms with E-state index in [9.17, 15) is 19.7 Å². The maximum Gasteiger partial charge on any atom is 0.338 e. The lowest BCUT2D eigenvalue weighted by Gasteiger charge is -2.13. The summed E-state index contributed by atoms with van der Waals surface area (Å²) < 4.78 is 16.4. The summed E-state index contributed by atoms with van der Waals surface area (Å²) in [7, 11) is 0. The predicted octanol–water partition coefficient (Wildman–Crippen LogP) is 2.79. The molecule has 30 heavy (non-hydrogen) atoms. The van der Waals surface area contributed by atoms with E-state index in [-0.39, 0.29) is 23.9 Å². The second-order valence-corrected chi connectivity index (χ2v) is 6.79. The SMILES string of the molecule is CCOc1cc2c(cc1CNC(=O)COC(=O)c1ccc([N+](=O)[O-])cc1)O[C@@H](C)C2. The highest BCUT2D eigenvalue weighted by molar-refractivity contribution is 5.91. The van der Waals surface area contributed by atoms with Crippen molar-refractivity contribution in [3.05, 3.63) is 63.2 Å². The molecule has 0 aliphatic carbocycles. The number of benzene rings is 2. The minimum atomic E-state index is -0.741. The summed E-state index contributed by atoms with van der Waals surface area (Å²) in [6.07, 6.45) is 0.902. The Morgan fingerprint density at radius 2 is 2.00 bits per heavy atom. The van der Waals surface area contributed by atoms with Gasteiger partial charge in [0.05, 0.1) is 17.1 Å². The highest BCUT2D eigenvalue weighted by atomic mass is 16.6. The molecule has 0 aromatic heterocycles. The lowest BCUT2D eigenvalue weighted by Crippen LogP contribution is -2.28. The molecule has 1 N–H and O–H groups in total. The highest BCUT2D eigenvalue weighted by Gasteiger charge is 2.22. The van der Waals surface area contributed by atoms with Crippen LogP contribution >= 0.6 is 0 Å². The Hall–Kier alpha value is -3.62. The molecule has 158 valence electrons. The summed E-state index contributed by atoms with van der Waals surface area (Å²) >= 11 is 0. The Morgan fingerprint density at radius 3 is 2.67 bits per heavy atom. The molecule has 0 fully saturated rings. The number of nitro groups is 1. The fraction of sp³-hybridized carbons (Fsp3) is 0.333. The monoisotopic (exact) mass is 414 g/mol. The number of nitro benzene ring substituents is 1. The third-order valence-corrected chi connectivity index (χ3v) is 4.50. The standard InChI is InChI=1S/C21H22N2O7/c1-3-28-18-9-15-8-13(2)30-19(15)10-16(18)11-22-20(24)12-29-21(25)14-4-6-17(7-5-14)23(26)27/h4-7,9-10,13H,3,8,11-12H2,1-2H3,(H,22,24)/t13-/m0/s1. The molecule has 3 rings (SSSR count). The van der Waals surface area contributed by atoms with Gasteiger partial charge >= 0.3 is 5.97 Å². The van der Waals surface area contributed by atoms with E-state index in [4.69, 9.17) is 14.2 Å². The molecule has 1 heterocycles. The lowest BCUT2D eigenvalue weighted by molar-refractivity contribution is -0.384. The third-order valence-electron chi connectivity index (χ3n) is 4.50. The number of rotatable bonds is 8. The smallest absolute Gasteiger partial charge is 0.338 e. The van der Waals surface area contributed by atoms with E-state index in [2.05, 4.69) is 5.32 Å². The number of hydrogen-bond acceptors (Lipinski definition) is 7. The first kappa shape index (κ1) is 21.1. The molecule has 0 unspecified atom stereocenters. The predicted molar refractivity (Wildman–Crippen MR) is 107 cm³/mol. The van der Waals surface area contributed by atoms with Crippen molar-refractivity contribution in [1.29, 1.82) is 0 Å². The van der Waals surface area contributed by atoms with Crippen molar-refractivity contribution >= 4 is 17.6 Å². The van der Waals surface area contributed by atoms with Gasteiger partial charge in [0.1, 0.15) is 17.6 Å². The molecule has 2 aromatic carbocycles. The first-order valence-corrected chi connectivity index (χ1v) is 9.51. The minimum Gasteiger partial charge on any atom is -0.494 e. The van der Waals surface area contributed by atoms with Crippen LogP contribution in [-0.2, 0) is 22.5 Å². The van der Waals surface area contributed by atoms with Gasteiger partial charge in [0, 0.05) is 36.2 Å². The molecular weight excluding hydrogens is 392 g/mol. The zero-order valence-electron chi connectivity index (χ0n) is 16.7. The summed E-state index contributed by atoms with van der Waals surface area (Å²) in [5, 5.41) is 13.3. The number of carbonyl (C=O) groups excluding carboxylic acids is 2. The largest absolute Gasteiger partial charge is 0.494 e. The molecule has 0 spiro atoms. The number of nitrogens with one attached hydrogen (secondary N) is 1. The summed E-state index contributed by atoms with van der Waals surface area (Å²) in [6, 6.07) is 8.73. The molecule has 0 saturated heterocycles. The maximum absolute atomic E-state index is 12.1. The summed E-state index contributed by atoms with van der Waals surface area (Å²) in [5.74, 6) is 0.231. The quantitative estimate of drug-likeness (QED) is 0.401. The van der Waals surface area contributed by atoms with Gasteiger partial charge in [0.2, 0.25) is 0 Å². The van der Waals surface area contributed by atoms with Gasteiger partial charge in [-0.05, 0) is 38.1 Å². The Bertz CT molecular complexity index is 957. The Morgan fingerprint density at radius 1 is 1.27 bits per heavy atom. The van der Waals surface area contributed by atoms with Crippen molar-refractivity contribution in [2.45, 2.75) is 32.9 Å². The zero-order valence-corrected chi connectivity index (χ0v) is 16.7. The maximum atomic E-state index is 12.1. The number of hydrogen-bond donors (Lipinski definition) is 1. The number of esters is 1.